The SMILES string of the molecule is Cc1cc(C(F)(F)F)nc(-c2ccnc3cc(CN4C(=O)C5C(C4=O)C5(C)C)sc23)c1C(=O)N1CCC(CN)C1.Cl.Cl. The molecular weight excluding hydrogens is 614 g/mol. The number of thiophene rings is 1. The van der Waals surface area contributed by atoms with Crippen molar-refractivity contribution in [2.24, 2.45) is 28.9 Å². The van der Waals surface area contributed by atoms with E-state index in [1.165, 1.54) is 29.4 Å². The molecule has 2 N–H and O–H groups in total. The maximum Gasteiger partial charge on any atom is 0.433 e. The van der Waals surface area contributed by atoms with Crippen molar-refractivity contribution in [2.45, 2.75) is 39.9 Å². The molecule has 8 nitrogen and oxygen atoms in total. The second-order valence-corrected chi connectivity index (χ2v) is 12.6. The van der Waals surface area contributed by atoms with Crippen molar-refractivity contribution < 1.29 is 27.6 Å². The fraction of sp³-hybridized carbons (Fsp3) is 0.464. The van der Waals surface area contributed by atoms with Crippen LogP contribution in [0.15, 0.2) is 24.4 Å². The van der Waals surface area contributed by atoms with E-state index in [9.17, 15) is 27.6 Å². The smallest absolute Gasteiger partial charge is 0.338 e. The molecule has 5 heterocycles. The van der Waals surface area contributed by atoms with Crippen LogP contribution in [0, 0.1) is 30.1 Å². The number of nitrogens with two attached hydrogens (primary N) is 1. The van der Waals surface area contributed by atoms with Crippen molar-refractivity contribution in [3.63, 3.8) is 0 Å². The third-order valence-corrected chi connectivity index (χ3v) is 9.69. The molecule has 6 rings (SSSR count). The summed E-state index contributed by atoms with van der Waals surface area (Å²) < 4.78 is 42.1. The Hall–Kier alpha value is -2.80. The topological polar surface area (TPSA) is 109 Å². The fourth-order valence-electron chi connectivity index (χ4n) is 6.22. The Kier molecular flexibility index (Phi) is 8.44. The van der Waals surface area contributed by atoms with Crippen LogP contribution in [0.4, 0.5) is 13.2 Å². The lowest BCUT2D eigenvalue weighted by atomic mass is 9.99. The molecule has 1 aliphatic carbocycles. The number of carbonyl (C=O) groups is 3. The largest absolute Gasteiger partial charge is 0.433 e. The molecule has 0 aromatic carbocycles. The molecule has 0 spiro atoms. The van der Waals surface area contributed by atoms with Crippen molar-refractivity contribution in [1.29, 1.82) is 0 Å². The highest BCUT2D eigenvalue weighted by Crippen LogP contribution is 2.63. The van der Waals surface area contributed by atoms with E-state index in [1.807, 2.05) is 13.8 Å². The molecule has 42 heavy (non-hydrogen) atoms. The number of halogens is 5. The molecule has 3 amide bonds. The van der Waals surface area contributed by atoms with Crippen LogP contribution in [0.1, 0.15) is 46.8 Å². The van der Waals surface area contributed by atoms with Gasteiger partial charge < -0.3 is 10.6 Å². The summed E-state index contributed by atoms with van der Waals surface area (Å²) in [5.41, 5.74) is 5.43. The number of alkyl halides is 3. The van der Waals surface area contributed by atoms with Gasteiger partial charge in [0, 0.05) is 29.7 Å². The van der Waals surface area contributed by atoms with Gasteiger partial charge in [0.15, 0.2) is 0 Å². The minimum absolute atomic E-state index is 0. The van der Waals surface area contributed by atoms with Gasteiger partial charge in [-0.1, -0.05) is 13.8 Å². The first-order valence-corrected chi connectivity index (χ1v) is 14.0. The molecular formula is C28H30Cl2F3N5O3S. The van der Waals surface area contributed by atoms with Gasteiger partial charge in [0.05, 0.1) is 39.9 Å². The molecule has 3 atom stereocenters. The highest BCUT2D eigenvalue weighted by atomic mass is 35.5. The highest BCUT2D eigenvalue weighted by Gasteiger charge is 2.72. The summed E-state index contributed by atoms with van der Waals surface area (Å²) in [6.07, 6.45) is -2.52. The molecule has 0 radical (unpaired) electrons. The lowest BCUT2D eigenvalue weighted by molar-refractivity contribution is -0.144. The monoisotopic (exact) mass is 643 g/mol. The van der Waals surface area contributed by atoms with Gasteiger partial charge in [-0.15, -0.1) is 36.2 Å². The number of fused-ring (bicyclic) bond motifs is 2. The number of pyridine rings is 2. The van der Waals surface area contributed by atoms with Gasteiger partial charge in [-0.3, -0.25) is 24.3 Å². The van der Waals surface area contributed by atoms with Crippen LogP contribution in [0.2, 0.25) is 0 Å². The van der Waals surface area contributed by atoms with E-state index < -0.39 is 11.9 Å². The summed E-state index contributed by atoms with van der Waals surface area (Å²) in [5.74, 6) is -1.27. The van der Waals surface area contributed by atoms with E-state index in [4.69, 9.17) is 5.73 Å². The summed E-state index contributed by atoms with van der Waals surface area (Å²) in [5, 5.41) is 0. The van der Waals surface area contributed by atoms with Crippen LogP contribution in [-0.2, 0) is 22.3 Å². The number of hydrogen-bond acceptors (Lipinski definition) is 7. The number of amides is 3. The maximum absolute atomic E-state index is 13.9. The second kappa shape index (κ2) is 11.0. The average molecular weight is 645 g/mol. The second-order valence-electron chi connectivity index (χ2n) is 11.5. The number of aromatic nitrogens is 2. The van der Waals surface area contributed by atoms with Crippen LogP contribution < -0.4 is 5.73 Å². The van der Waals surface area contributed by atoms with Gasteiger partial charge in [0.2, 0.25) is 11.8 Å². The van der Waals surface area contributed by atoms with E-state index in [-0.39, 0.29) is 89.1 Å². The Morgan fingerprint density at radius 2 is 1.83 bits per heavy atom. The standard InChI is InChI=1S/C28H28F3N5O3S.2ClH/c1-13-8-18(28(29,30)31)34-22(19(13)24(37)35-7-5-14(10-32)11-35)16-4-6-33-17-9-15(40-23(16)17)12-36-25(38)20-21(26(36)39)27(20,2)3;;/h4,6,8-9,14,20-21H,5,7,10-12,32H2,1-3H3;2*1H. The highest BCUT2D eigenvalue weighted by molar-refractivity contribution is 7.19. The molecule has 3 fully saturated rings. The Labute approximate surface area is 256 Å². The number of carbonyl (C=O) groups excluding carboxylic acids is 3. The van der Waals surface area contributed by atoms with Crippen LogP contribution in [0.3, 0.4) is 0 Å². The third kappa shape index (κ3) is 5.06. The molecule has 226 valence electrons. The fourth-order valence-corrected chi connectivity index (χ4v) is 7.34. The Morgan fingerprint density at radius 1 is 1.17 bits per heavy atom. The quantitative estimate of drug-likeness (QED) is 0.388. The molecule has 2 saturated heterocycles. The van der Waals surface area contributed by atoms with Gasteiger partial charge in [-0.25, -0.2) is 4.98 Å². The van der Waals surface area contributed by atoms with E-state index in [0.29, 0.717) is 40.3 Å². The van der Waals surface area contributed by atoms with Gasteiger partial charge >= 0.3 is 6.18 Å². The number of hydrogen-bond donors (Lipinski definition) is 1. The van der Waals surface area contributed by atoms with Crippen molar-refractivity contribution >= 4 is 64.1 Å². The molecule has 3 aromatic heterocycles. The first-order chi connectivity index (χ1) is 18.8. The van der Waals surface area contributed by atoms with E-state index >= 15 is 0 Å². The normalized spacial score (nSPS) is 22.7. The first-order valence-electron chi connectivity index (χ1n) is 13.1. The first kappa shape index (κ1) is 32.1. The molecule has 14 heteroatoms. The summed E-state index contributed by atoms with van der Waals surface area (Å²) in [7, 11) is 0. The summed E-state index contributed by atoms with van der Waals surface area (Å²) >= 11 is 1.23. The number of rotatable bonds is 5. The zero-order valence-corrected chi connectivity index (χ0v) is 25.5. The van der Waals surface area contributed by atoms with Gasteiger partial charge in [-0.05, 0) is 55.0 Å². The van der Waals surface area contributed by atoms with Gasteiger partial charge in [-0.2, -0.15) is 13.2 Å². The number of imide groups is 1. The Balaban J connectivity index is 0.00000202. The van der Waals surface area contributed by atoms with Crippen LogP contribution >= 0.6 is 36.2 Å². The van der Waals surface area contributed by atoms with Gasteiger partial charge in [0.1, 0.15) is 5.69 Å². The summed E-state index contributed by atoms with van der Waals surface area (Å²) in [6.45, 7) is 6.69. The minimum atomic E-state index is -4.71. The lowest BCUT2D eigenvalue weighted by Crippen LogP contribution is -2.35. The summed E-state index contributed by atoms with van der Waals surface area (Å²) in [6, 6.07) is 4.19. The van der Waals surface area contributed by atoms with Crippen molar-refractivity contribution in [1.82, 2.24) is 19.8 Å². The number of nitrogens with zero attached hydrogens (tertiary/aromatic N) is 4. The third-order valence-electron chi connectivity index (χ3n) is 8.55. The molecule has 3 aliphatic rings. The van der Waals surface area contributed by atoms with E-state index in [2.05, 4.69) is 9.97 Å². The van der Waals surface area contributed by atoms with Crippen LogP contribution in [-0.4, -0.2) is 57.1 Å². The molecule has 1 saturated carbocycles. The van der Waals surface area contributed by atoms with Crippen LogP contribution in [0.25, 0.3) is 21.5 Å². The van der Waals surface area contributed by atoms with E-state index in [0.717, 1.165) is 12.5 Å². The van der Waals surface area contributed by atoms with Crippen molar-refractivity contribution in [3.8, 4) is 11.3 Å². The molecule has 3 aromatic rings. The molecule has 2 aliphatic heterocycles. The van der Waals surface area contributed by atoms with Crippen molar-refractivity contribution in [3.05, 3.63) is 46.1 Å². The molecule has 0 bridgehead atoms. The predicted octanol–water partition coefficient (Wildman–Crippen LogP) is 5.09. The summed E-state index contributed by atoms with van der Waals surface area (Å²) in [4.78, 5) is 51.3. The zero-order valence-electron chi connectivity index (χ0n) is 23.0. The number of piperidine rings is 1. The van der Waals surface area contributed by atoms with Gasteiger partial charge in [0.25, 0.3) is 5.91 Å². The lowest BCUT2D eigenvalue weighted by Gasteiger charge is -2.21. The van der Waals surface area contributed by atoms with Crippen LogP contribution in [0.5, 0.6) is 0 Å². The van der Waals surface area contributed by atoms with Crippen molar-refractivity contribution in [2.75, 3.05) is 19.6 Å². The number of aryl methyl sites for hydroxylation is 1. The average Bonchev–Trinajstić information content (AvgIpc) is 3.32. The Morgan fingerprint density at radius 3 is 2.43 bits per heavy atom. The predicted molar refractivity (Wildman–Crippen MR) is 156 cm³/mol. The Bertz CT molecular complexity index is 1570. The molecule has 3 unspecified atom stereocenters. The van der Waals surface area contributed by atoms with E-state index in [1.54, 1.807) is 17.0 Å². The number of likely N-dealkylation sites (tertiary alicyclic amines) is 2. The maximum atomic E-state index is 13.9. The zero-order chi connectivity index (χ0) is 28.7. The minimum Gasteiger partial charge on any atom is -0.338 e.